The SMILES string of the molecule is Cc1cc(C)nc(/N=C/c2ccc(N(C)C)cc2)c1. The normalized spacial score (nSPS) is 10.9. The highest BCUT2D eigenvalue weighted by Crippen LogP contribution is 2.14. The molecule has 0 saturated heterocycles. The molecule has 1 heterocycles. The molecule has 0 aliphatic heterocycles. The van der Waals surface area contributed by atoms with Crippen molar-refractivity contribution >= 4 is 17.7 Å². The van der Waals surface area contributed by atoms with Crippen LogP contribution >= 0.6 is 0 Å². The van der Waals surface area contributed by atoms with Crippen molar-refractivity contribution in [3.63, 3.8) is 0 Å². The van der Waals surface area contributed by atoms with Gasteiger partial charge in [-0.1, -0.05) is 12.1 Å². The number of aromatic nitrogens is 1. The molecule has 3 nitrogen and oxygen atoms in total. The van der Waals surface area contributed by atoms with Gasteiger partial charge in [0, 0.05) is 31.7 Å². The Morgan fingerprint density at radius 1 is 1.05 bits per heavy atom. The second-order valence-corrected chi connectivity index (χ2v) is 4.89. The molecule has 0 saturated carbocycles. The minimum Gasteiger partial charge on any atom is -0.378 e. The highest BCUT2D eigenvalue weighted by atomic mass is 15.1. The van der Waals surface area contributed by atoms with Gasteiger partial charge in [-0.05, 0) is 49.2 Å². The van der Waals surface area contributed by atoms with Crippen molar-refractivity contribution < 1.29 is 0 Å². The fourth-order valence-electron chi connectivity index (χ4n) is 1.89. The smallest absolute Gasteiger partial charge is 0.152 e. The number of aliphatic imine (C=N–C) groups is 1. The lowest BCUT2D eigenvalue weighted by molar-refractivity contribution is 1.13. The van der Waals surface area contributed by atoms with E-state index < -0.39 is 0 Å². The van der Waals surface area contributed by atoms with E-state index in [0.29, 0.717) is 0 Å². The topological polar surface area (TPSA) is 28.5 Å². The molecule has 19 heavy (non-hydrogen) atoms. The number of aryl methyl sites for hydroxylation is 2. The molecule has 0 amide bonds. The Kier molecular flexibility index (Phi) is 3.95. The Balaban J connectivity index is 2.17. The maximum Gasteiger partial charge on any atom is 0.152 e. The average Bonchev–Trinajstić information content (AvgIpc) is 2.36. The summed E-state index contributed by atoms with van der Waals surface area (Å²) in [5.41, 5.74) is 4.44. The van der Waals surface area contributed by atoms with Gasteiger partial charge in [0.2, 0.25) is 0 Å². The van der Waals surface area contributed by atoms with Crippen molar-refractivity contribution in [2.75, 3.05) is 19.0 Å². The van der Waals surface area contributed by atoms with Crippen molar-refractivity contribution in [1.82, 2.24) is 4.98 Å². The Hall–Kier alpha value is -2.16. The quantitative estimate of drug-likeness (QED) is 0.783. The van der Waals surface area contributed by atoms with Gasteiger partial charge in [0.15, 0.2) is 5.82 Å². The zero-order chi connectivity index (χ0) is 13.8. The molecule has 3 heteroatoms. The van der Waals surface area contributed by atoms with Gasteiger partial charge in [-0.15, -0.1) is 0 Å². The van der Waals surface area contributed by atoms with Gasteiger partial charge in [0.05, 0.1) is 0 Å². The van der Waals surface area contributed by atoms with Crippen molar-refractivity contribution in [2.45, 2.75) is 13.8 Å². The predicted molar refractivity (Wildman–Crippen MR) is 81.7 cm³/mol. The van der Waals surface area contributed by atoms with E-state index in [9.17, 15) is 0 Å². The lowest BCUT2D eigenvalue weighted by Crippen LogP contribution is -2.08. The van der Waals surface area contributed by atoms with Gasteiger partial charge in [-0.3, -0.25) is 0 Å². The van der Waals surface area contributed by atoms with E-state index in [2.05, 4.69) is 46.1 Å². The second-order valence-electron chi connectivity index (χ2n) is 4.89. The molecule has 2 rings (SSSR count). The Morgan fingerprint density at radius 2 is 1.74 bits per heavy atom. The molecule has 0 radical (unpaired) electrons. The molecule has 2 aromatic rings. The largest absolute Gasteiger partial charge is 0.378 e. The molecule has 0 fully saturated rings. The maximum atomic E-state index is 4.42. The molecular formula is C16H19N3. The molecule has 0 bridgehead atoms. The zero-order valence-electron chi connectivity index (χ0n) is 11.9. The minimum absolute atomic E-state index is 0.759. The van der Waals surface area contributed by atoms with Crippen molar-refractivity contribution in [1.29, 1.82) is 0 Å². The summed E-state index contributed by atoms with van der Waals surface area (Å²) in [5, 5.41) is 0. The van der Waals surface area contributed by atoms with Crippen LogP contribution in [0.15, 0.2) is 41.4 Å². The fraction of sp³-hybridized carbons (Fsp3) is 0.250. The highest BCUT2D eigenvalue weighted by molar-refractivity contribution is 5.82. The molecule has 1 aromatic carbocycles. The lowest BCUT2D eigenvalue weighted by Gasteiger charge is -2.11. The van der Waals surface area contributed by atoms with Gasteiger partial charge < -0.3 is 4.90 Å². The van der Waals surface area contributed by atoms with Crippen LogP contribution in [0.1, 0.15) is 16.8 Å². The van der Waals surface area contributed by atoms with Crippen LogP contribution in [0.2, 0.25) is 0 Å². The number of nitrogens with zero attached hydrogens (tertiary/aromatic N) is 3. The Labute approximate surface area is 114 Å². The number of anilines is 1. The highest BCUT2D eigenvalue weighted by Gasteiger charge is 1.96. The zero-order valence-corrected chi connectivity index (χ0v) is 11.9. The first-order valence-electron chi connectivity index (χ1n) is 6.31. The van der Waals surface area contributed by atoms with E-state index in [1.54, 1.807) is 0 Å². The summed E-state index contributed by atoms with van der Waals surface area (Å²) in [5.74, 6) is 0.759. The molecule has 1 aromatic heterocycles. The van der Waals surface area contributed by atoms with E-state index in [4.69, 9.17) is 0 Å². The second kappa shape index (κ2) is 5.65. The number of hydrogen-bond donors (Lipinski definition) is 0. The summed E-state index contributed by atoms with van der Waals surface area (Å²) in [7, 11) is 4.06. The maximum absolute atomic E-state index is 4.42. The number of pyridine rings is 1. The van der Waals surface area contributed by atoms with Crippen LogP contribution in [0, 0.1) is 13.8 Å². The van der Waals surface area contributed by atoms with Crippen LogP contribution in [0.5, 0.6) is 0 Å². The van der Waals surface area contributed by atoms with E-state index in [1.165, 1.54) is 11.3 Å². The summed E-state index contributed by atoms with van der Waals surface area (Å²) in [6.07, 6.45) is 1.85. The number of rotatable bonds is 3. The van der Waals surface area contributed by atoms with E-state index >= 15 is 0 Å². The van der Waals surface area contributed by atoms with Gasteiger partial charge in [-0.2, -0.15) is 0 Å². The first-order valence-corrected chi connectivity index (χ1v) is 6.31. The van der Waals surface area contributed by atoms with Gasteiger partial charge in [0.1, 0.15) is 0 Å². The molecule has 0 unspecified atom stereocenters. The third-order valence-corrected chi connectivity index (χ3v) is 2.84. The van der Waals surface area contributed by atoms with Gasteiger partial charge in [0.25, 0.3) is 0 Å². The van der Waals surface area contributed by atoms with Crippen LogP contribution in [0.4, 0.5) is 11.5 Å². The first kappa shape index (κ1) is 13.3. The van der Waals surface area contributed by atoms with Crippen molar-refractivity contribution in [3.05, 3.63) is 53.2 Å². The molecule has 0 atom stereocenters. The van der Waals surface area contributed by atoms with E-state index in [0.717, 1.165) is 17.1 Å². The molecule has 0 aliphatic carbocycles. The Morgan fingerprint density at radius 3 is 2.32 bits per heavy atom. The van der Waals surface area contributed by atoms with Crippen LogP contribution in [-0.2, 0) is 0 Å². The summed E-state index contributed by atoms with van der Waals surface area (Å²) in [4.78, 5) is 10.9. The fourth-order valence-corrected chi connectivity index (χ4v) is 1.89. The minimum atomic E-state index is 0.759. The predicted octanol–water partition coefficient (Wildman–Crippen LogP) is 3.52. The van der Waals surface area contributed by atoms with Crippen molar-refractivity contribution in [3.8, 4) is 0 Å². The third kappa shape index (κ3) is 3.65. The van der Waals surface area contributed by atoms with E-state index in [-0.39, 0.29) is 0 Å². The third-order valence-electron chi connectivity index (χ3n) is 2.84. The summed E-state index contributed by atoms with van der Waals surface area (Å²) in [6, 6.07) is 12.3. The first-order chi connectivity index (χ1) is 9.04. The van der Waals surface area contributed by atoms with Crippen LogP contribution in [0.25, 0.3) is 0 Å². The Bertz CT molecular complexity index is 563. The summed E-state index contributed by atoms with van der Waals surface area (Å²) in [6.45, 7) is 4.04. The monoisotopic (exact) mass is 253 g/mol. The standard InChI is InChI=1S/C16H19N3/c1-12-9-13(2)18-16(10-12)17-11-14-5-7-15(8-6-14)19(3)4/h5-11H,1-4H3/b17-11+. The van der Waals surface area contributed by atoms with E-state index in [1.807, 2.05) is 39.4 Å². The van der Waals surface area contributed by atoms with Gasteiger partial charge in [-0.25, -0.2) is 9.98 Å². The number of benzene rings is 1. The average molecular weight is 253 g/mol. The molecular weight excluding hydrogens is 234 g/mol. The van der Waals surface area contributed by atoms with Crippen molar-refractivity contribution in [2.24, 2.45) is 4.99 Å². The molecule has 0 N–H and O–H groups in total. The van der Waals surface area contributed by atoms with Gasteiger partial charge >= 0.3 is 0 Å². The van der Waals surface area contributed by atoms with Crippen LogP contribution < -0.4 is 4.90 Å². The number of hydrogen-bond acceptors (Lipinski definition) is 3. The summed E-state index contributed by atoms with van der Waals surface area (Å²) >= 11 is 0. The molecule has 98 valence electrons. The van der Waals surface area contributed by atoms with Crippen LogP contribution in [-0.4, -0.2) is 25.3 Å². The molecule has 0 spiro atoms. The molecule has 0 aliphatic rings. The lowest BCUT2D eigenvalue weighted by atomic mass is 10.2. The summed E-state index contributed by atoms with van der Waals surface area (Å²) < 4.78 is 0. The van der Waals surface area contributed by atoms with Crippen LogP contribution in [0.3, 0.4) is 0 Å².